The van der Waals surface area contributed by atoms with Gasteiger partial charge < -0.3 is 15.8 Å². The molecule has 1 aliphatic rings. The van der Waals surface area contributed by atoms with E-state index in [4.69, 9.17) is 10.5 Å². The molecule has 0 bridgehead atoms. The molecule has 1 saturated heterocycles. The number of carbonyl (C=O) groups excluding carboxylic acids is 1. The van der Waals surface area contributed by atoms with Crippen LogP contribution in [-0.4, -0.2) is 30.1 Å². The third-order valence-corrected chi connectivity index (χ3v) is 4.32. The summed E-state index contributed by atoms with van der Waals surface area (Å²) in [6, 6.07) is 5.72. The lowest BCUT2D eigenvalue weighted by Gasteiger charge is -2.25. The summed E-state index contributed by atoms with van der Waals surface area (Å²) in [5.74, 6) is 1.95. The number of carbonyl (C=O) groups is 1. The molecule has 0 aliphatic carbocycles. The van der Waals surface area contributed by atoms with Crippen molar-refractivity contribution in [2.75, 3.05) is 29.2 Å². The highest BCUT2D eigenvalue weighted by molar-refractivity contribution is 7.99. The third kappa shape index (κ3) is 3.56. The standard InChI is InChI=1S/C14H20N2O2S/c1-2-18-14(17)11-6-3-7-12(15)13(11)16-10-5-4-8-19-9-10/h3,6-7,10,16H,2,4-5,8-9,15H2,1H3. The highest BCUT2D eigenvalue weighted by Gasteiger charge is 2.19. The number of nitrogens with two attached hydrogens (primary N) is 1. The van der Waals surface area contributed by atoms with E-state index in [9.17, 15) is 4.79 Å². The Morgan fingerprint density at radius 1 is 1.58 bits per heavy atom. The second-order valence-electron chi connectivity index (χ2n) is 4.55. The summed E-state index contributed by atoms with van der Waals surface area (Å²) in [7, 11) is 0. The van der Waals surface area contributed by atoms with Crippen molar-refractivity contribution in [2.45, 2.75) is 25.8 Å². The molecule has 1 fully saturated rings. The van der Waals surface area contributed by atoms with Crippen LogP contribution in [0.2, 0.25) is 0 Å². The van der Waals surface area contributed by atoms with Gasteiger partial charge in [0, 0.05) is 11.8 Å². The number of nitrogens with one attached hydrogen (secondary N) is 1. The Bertz CT molecular complexity index is 445. The van der Waals surface area contributed by atoms with Crippen LogP contribution in [0, 0.1) is 0 Å². The van der Waals surface area contributed by atoms with Gasteiger partial charge >= 0.3 is 5.97 Å². The zero-order valence-electron chi connectivity index (χ0n) is 11.1. The van der Waals surface area contributed by atoms with Crippen molar-refractivity contribution in [1.29, 1.82) is 0 Å². The number of hydrogen-bond acceptors (Lipinski definition) is 5. The van der Waals surface area contributed by atoms with Gasteiger partial charge in [-0.05, 0) is 37.7 Å². The zero-order valence-corrected chi connectivity index (χ0v) is 12.0. The van der Waals surface area contributed by atoms with Gasteiger partial charge in [0.2, 0.25) is 0 Å². The first kappa shape index (κ1) is 14.1. The van der Waals surface area contributed by atoms with E-state index in [1.165, 1.54) is 12.2 Å². The molecule has 1 aliphatic heterocycles. The SMILES string of the molecule is CCOC(=O)c1cccc(N)c1NC1CCCSC1. The van der Waals surface area contributed by atoms with E-state index in [0.717, 1.165) is 12.2 Å². The molecule has 5 heteroatoms. The molecule has 104 valence electrons. The van der Waals surface area contributed by atoms with Gasteiger partial charge in [-0.25, -0.2) is 4.79 Å². The number of para-hydroxylation sites is 1. The Labute approximate surface area is 118 Å². The maximum absolute atomic E-state index is 11.9. The summed E-state index contributed by atoms with van der Waals surface area (Å²) in [5.41, 5.74) is 7.84. The molecule has 0 saturated carbocycles. The van der Waals surface area contributed by atoms with Gasteiger partial charge in [-0.1, -0.05) is 6.07 Å². The number of hydrogen-bond donors (Lipinski definition) is 2. The predicted octanol–water partition coefficient (Wildman–Crippen LogP) is 2.75. The monoisotopic (exact) mass is 280 g/mol. The molecule has 0 radical (unpaired) electrons. The van der Waals surface area contributed by atoms with Crippen molar-refractivity contribution >= 4 is 29.1 Å². The quantitative estimate of drug-likeness (QED) is 0.656. The molecule has 1 aromatic carbocycles. The highest BCUT2D eigenvalue weighted by atomic mass is 32.2. The van der Waals surface area contributed by atoms with E-state index in [1.54, 1.807) is 25.1 Å². The van der Waals surface area contributed by atoms with E-state index < -0.39 is 0 Å². The number of anilines is 2. The molecule has 1 aromatic rings. The van der Waals surface area contributed by atoms with Crippen LogP contribution < -0.4 is 11.1 Å². The van der Waals surface area contributed by atoms with Crippen molar-refractivity contribution in [3.63, 3.8) is 0 Å². The molecule has 3 N–H and O–H groups in total. The van der Waals surface area contributed by atoms with Crippen molar-refractivity contribution in [2.24, 2.45) is 0 Å². The minimum Gasteiger partial charge on any atom is -0.462 e. The molecular weight excluding hydrogens is 260 g/mol. The number of ether oxygens (including phenoxy) is 1. The fraction of sp³-hybridized carbons (Fsp3) is 0.500. The van der Waals surface area contributed by atoms with Crippen LogP contribution >= 0.6 is 11.8 Å². The minimum absolute atomic E-state index is 0.319. The topological polar surface area (TPSA) is 64.3 Å². The van der Waals surface area contributed by atoms with E-state index in [1.807, 2.05) is 11.8 Å². The predicted molar refractivity (Wildman–Crippen MR) is 80.8 cm³/mol. The molecule has 4 nitrogen and oxygen atoms in total. The molecule has 1 heterocycles. The van der Waals surface area contributed by atoms with Crippen LogP contribution in [0.1, 0.15) is 30.1 Å². The Balaban J connectivity index is 2.19. The van der Waals surface area contributed by atoms with Gasteiger partial charge in [-0.2, -0.15) is 11.8 Å². The van der Waals surface area contributed by atoms with Gasteiger partial charge in [0.1, 0.15) is 0 Å². The normalized spacial score (nSPS) is 18.9. The lowest BCUT2D eigenvalue weighted by Crippen LogP contribution is -2.27. The summed E-state index contributed by atoms with van der Waals surface area (Å²) in [6.45, 7) is 2.17. The van der Waals surface area contributed by atoms with E-state index in [-0.39, 0.29) is 5.97 Å². The van der Waals surface area contributed by atoms with Crippen molar-refractivity contribution in [3.05, 3.63) is 23.8 Å². The summed E-state index contributed by atoms with van der Waals surface area (Å²) >= 11 is 1.93. The number of esters is 1. The van der Waals surface area contributed by atoms with Gasteiger partial charge in [-0.15, -0.1) is 0 Å². The number of nitrogen functional groups attached to an aromatic ring is 1. The fourth-order valence-electron chi connectivity index (χ4n) is 2.17. The first-order valence-electron chi connectivity index (χ1n) is 6.62. The van der Waals surface area contributed by atoms with Crippen LogP contribution in [0.25, 0.3) is 0 Å². The molecule has 1 unspecified atom stereocenters. The number of thioether (sulfide) groups is 1. The largest absolute Gasteiger partial charge is 0.462 e. The van der Waals surface area contributed by atoms with E-state index in [2.05, 4.69) is 5.32 Å². The first-order valence-corrected chi connectivity index (χ1v) is 7.77. The summed E-state index contributed by atoms with van der Waals surface area (Å²) in [6.07, 6.45) is 2.31. The average Bonchev–Trinajstić information content (AvgIpc) is 2.42. The maximum atomic E-state index is 11.9. The maximum Gasteiger partial charge on any atom is 0.340 e. The highest BCUT2D eigenvalue weighted by Crippen LogP contribution is 2.28. The molecule has 2 rings (SSSR count). The Morgan fingerprint density at radius 3 is 3.11 bits per heavy atom. The van der Waals surface area contributed by atoms with Crippen molar-refractivity contribution in [3.8, 4) is 0 Å². The van der Waals surface area contributed by atoms with Gasteiger partial charge in [0.15, 0.2) is 0 Å². The van der Waals surface area contributed by atoms with Crippen LogP contribution in [-0.2, 0) is 4.74 Å². The Kier molecular flexibility index (Phi) is 4.96. The summed E-state index contributed by atoms with van der Waals surface area (Å²) in [5, 5.41) is 3.41. The van der Waals surface area contributed by atoms with Gasteiger partial charge in [-0.3, -0.25) is 0 Å². The minimum atomic E-state index is -0.319. The average molecular weight is 280 g/mol. The molecule has 0 aromatic heterocycles. The first-order chi connectivity index (χ1) is 9.22. The van der Waals surface area contributed by atoms with E-state index in [0.29, 0.717) is 29.6 Å². The second kappa shape index (κ2) is 6.70. The number of benzene rings is 1. The van der Waals surface area contributed by atoms with Crippen LogP contribution in [0.15, 0.2) is 18.2 Å². The van der Waals surface area contributed by atoms with Gasteiger partial charge in [0.25, 0.3) is 0 Å². The van der Waals surface area contributed by atoms with E-state index >= 15 is 0 Å². The number of rotatable bonds is 4. The summed E-state index contributed by atoms with van der Waals surface area (Å²) < 4.78 is 5.07. The molecule has 0 amide bonds. The Morgan fingerprint density at radius 2 is 2.42 bits per heavy atom. The van der Waals surface area contributed by atoms with Crippen LogP contribution in [0.5, 0.6) is 0 Å². The molecule has 1 atom stereocenters. The van der Waals surface area contributed by atoms with Gasteiger partial charge in [0.05, 0.1) is 23.5 Å². The summed E-state index contributed by atoms with van der Waals surface area (Å²) in [4.78, 5) is 11.9. The smallest absolute Gasteiger partial charge is 0.340 e. The molecule has 0 spiro atoms. The van der Waals surface area contributed by atoms with Crippen molar-refractivity contribution < 1.29 is 9.53 Å². The van der Waals surface area contributed by atoms with Crippen LogP contribution in [0.4, 0.5) is 11.4 Å². The third-order valence-electron chi connectivity index (χ3n) is 3.10. The lowest BCUT2D eigenvalue weighted by atomic mass is 10.1. The lowest BCUT2D eigenvalue weighted by molar-refractivity contribution is 0.0527. The second-order valence-corrected chi connectivity index (χ2v) is 5.70. The Hall–Kier alpha value is -1.36. The molecule has 19 heavy (non-hydrogen) atoms. The zero-order chi connectivity index (χ0) is 13.7. The molecular formula is C14H20N2O2S. The van der Waals surface area contributed by atoms with Crippen molar-refractivity contribution in [1.82, 2.24) is 0 Å². The fourth-order valence-corrected chi connectivity index (χ4v) is 3.24. The van der Waals surface area contributed by atoms with Crippen LogP contribution in [0.3, 0.4) is 0 Å².